The van der Waals surface area contributed by atoms with Gasteiger partial charge in [-0.25, -0.2) is 0 Å². The molecule has 0 fully saturated rings. The summed E-state index contributed by atoms with van der Waals surface area (Å²) in [5, 5.41) is 0.469. The van der Waals surface area contributed by atoms with Crippen LogP contribution in [0.1, 0.15) is 37.4 Å². The van der Waals surface area contributed by atoms with Gasteiger partial charge < -0.3 is 0 Å². The highest BCUT2D eigenvalue weighted by Crippen LogP contribution is 2.32. The van der Waals surface area contributed by atoms with Crippen molar-refractivity contribution in [2.75, 3.05) is 0 Å². The molecular formula is C17H22Si. The van der Waals surface area contributed by atoms with Gasteiger partial charge >= 0.3 is 0 Å². The van der Waals surface area contributed by atoms with E-state index in [1.807, 2.05) is 0 Å². The van der Waals surface area contributed by atoms with Gasteiger partial charge in [0.15, 0.2) is 0 Å². The highest BCUT2D eigenvalue weighted by molar-refractivity contribution is 6.42. The SMILES string of the molecule is CC(C)(C)[SiH2]C(c1ccccc1)c1ccccc1. The molecule has 0 saturated heterocycles. The Balaban J connectivity index is 2.36. The van der Waals surface area contributed by atoms with Crippen LogP contribution in [0.3, 0.4) is 0 Å². The first-order valence-electron chi connectivity index (χ1n) is 6.66. The van der Waals surface area contributed by atoms with Gasteiger partial charge in [0.25, 0.3) is 0 Å². The topological polar surface area (TPSA) is 0 Å². The van der Waals surface area contributed by atoms with E-state index in [9.17, 15) is 0 Å². The molecule has 2 aromatic carbocycles. The maximum Gasteiger partial charge on any atom is 0.0401 e. The zero-order chi connectivity index (χ0) is 13.0. The van der Waals surface area contributed by atoms with E-state index in [2.05, 4.69) is 81.4 Å². The minimum absolute atomic E-state index is 0.233. The highest BCUT2D eigenvalue weighted by atomic mass is 28.2. The molecule has 0 aliphatic rings. The fraction of sp³-hybridized carbons (Fsp3) is 0.294. The third kappa shape index (κ3) is 3.57. The second-order valence-electron chi connectivity index (χ2n) is 6.14. The summed E-state index contributed by atoms with van der Waals surface area (Å²) in [6.45, 7) is 7.12. The summed E-state index contributed by atoms with van der Waals surface area (Å²) in [7, 11) is -0.233. The van der Waals surface area contributed by atoms with Crippen molar-refractivity contribution in [2.24, 2.45) is 0 Å². The van der Waals surface area contributed by atoms with Gasteiger partial charge in [-0.15, -0.1) is 0 Å². The molecule has 2 aromatic rings. The largest absolute Gasteiger partial charge is 0.0631 e. The van der Waals surface area contributed by atoms with E-state index in [0.29, 0.717) is 10.6 Å². The number of benzene rings is 2. The van der Waals surface area contributed by atoms with Crippen molar-refractivity contribution in [3.8, 4) is 0 Å². The zero-order valence-corrected chi connectivity index (χ0v) is 13.0. The van der Waals surface area contributed by atoms with Crippen molar-refractivity contribution < 1.29 is 0 Å². The molecule has 0 bridgehead atoms. The summed E-state index contributed by atoms with van der Waals surface area (Å²) in [4.78, 5) is 0. The lowest BCUT2D eigenvalue weighted by atomic mass is 10.0. The number of hydrogen-bond acceptors (Lipinski definition) is 0. The summed E-state index contributed by atoms with van der Waals surface area (Å²) in [5.74, 6) is 0. The quantitative estimate of drug-likeness (QED) is 0.721. The Morgan fingerprint density at radius 1 is 0.722 bits per heavy atom. The van der Waals surface area contributed by atoms with Crippen LogP contribution < -0.4 is 0 Å². The molecule has 0 nitrogen and oxygen atoms in total. The van der Waals surface area contributed by atoms with Gasteiger partial charge in [-0.05, 0) is 21.7 Å². The van der Waals surface area contributed by atoms with Gasteiger partial charge in [-0.2, -0.15) is 0 Å². The van der Waals surface area contributed by atoms with Crippen molar-refractivity contribution in [3.63, 3.8) is 0 Å². The molecule has 94 valence electrons. The number of rotatable bonds is 3. The number of hydrogen-bond donors (Lipinski definition) is 0. The molecule has 18 heavy (non-hydrogen) atoms. The minimum Gasteiger partial charge on any atom is -0.0631 e. The molecule has 0 atom stereocenters. The summed E-state index contributed by atoms with van der Waals surface area (Å²) < 4.78 is 0. The summed E-state index contributed by atoms with van der Waals surface area (Å²) in [6.07, 6.45) is 0. The molecule has 0 unspecified atom stereocenters. The first-order chi connectivity index (χ1) is 8.56. The smallest absolute Gasteiger partial charge is 0.0401 e. The molecule has 0 saturated carbocycles. The van der Waals surface area contributed by atoms with Crippen LogP contribution in [-0.2, 0) is 0 Å². The van der Waals surface area contributed by atoms with E-state index < -0.39 is 0 Å². The predicted octanol–water partition coefficient (Wildman–Crippen LogP) is 4.16. The molecule has 1 heteroatoms. The average Bonchev–Trinajstić information content (AvgIpc) is 2.37. The molecular weight excluding hydrogens is 232 g/mol. The third-order valence-corrected chi connectivity index (χ3v) is 5.80. The predicted molar refractivity (Wildman–Crippen MR) is 83.0 cm³/mol. The average molecular weight is 254 g/mol. The molecule has 0 aliphatic heterocycles. The standard InChI is InChI=1S/C17H22Si/c1-17(2,3)18-16(14-10-6-4-7-11-14)15-12-8-5-9-13-15/h4-13,16H,18H2,1-3H3. The first-order valence-corrected chi connectivity index (χ1v) is 8.18. The summed E-state index contributed by atoms with van der Waals surface area (Å²) in [5.41, 5.74) is 3.59. The van der Waals surface area contributed by atoms with Gasteiger partial charge in [0, 0.05) is 9.52 Å². The van der Waals surface area contributed by atoms with E-state index in [4.69, 9.17) is 0 Å². The Bertz CT molecular complexity index is 428. The molecule has 0 aliphatic carbocycles. The monoisotopic (exact) mass is 254 g/mol. The van der Waals surface area contributed by atoms with Crippen LogP contribution in [0.4, 0.5) is 0 Å². The Hall–Kier alpha value is -1.34. The molecule has 0 amide bonds. The molecule has 0 spiro atoms. The van der Waals surface area contributed by atoms with Crippen molar-refractivity contribution in [3.05, 3.63) is 71.8 Å². The lowest BCUT2D eigenvalue weighted by Crippen LogP contribution is -2.19. The van der Waals surface area contributed by atoms with Crippen LogP contribution in [0.15, 0.2) is 60.7 Å². The maximum atomic E-state index is 2.37. The summed E-state index contributed by atoms with van der Waals surface area (Å²) >= 11 is 0. The van der Waals surface area contributed by atoms with E-state index in [-0.39, 0.29) is 9.52 Å². The van der Waals surface area contributed by atoms with Crippen molar-refractivity contribution in [1.29, 1.82) is 0 Å². The Kier molecular flexibility index (Phi) is 4.03. The molecule has 0 radical (unpaired) electrons. The van der Waals surface area contributed by atoms with Crippen LogP contribution in [0.25, 0.3) is 0 Å². The summed E-state index contributed by atoms with van der Waals surface area (Å²) in [6, 6.07) is 21.9. The van der Waals surface area contributed by atoms with Crippen molar-refractivity contribution in [2.45, 2.75) is 31.4 Å². The molecule has 0 aromatic heterocycles. The van der Waals surface area contributed by atoms with Crippen LogP contribution in [0.5, 0.6) is 0 Å². The maximum absolute atomic E-state index is 2.37. The lowest BCUT2D eigenvalue weighted by Gasteiger charge is -2.26. The highest BCUT2D eigenvalue weighted by Gasteiger charge is 2.22. The Morgan fingerprint density at radius 2 is 1.11 bits per heavy atom. The Morgan fingerprint density at radius 3 is 1.44 bits per heavy atom. The van der Waals surface area contributed by atoms with Gasteiger partial charge in [0.2, 0.25) is 0 Å². The molecule has 2 rings (SSSR count). The van der Waals surface area contributed by atoms with Gasteiger partial charge in [0.05, 0.1) is 0 Å². The second kappa shape index (κ2) is 5.53. The van der Waals surface area contributed by atoms with Crippen molar-refractivity contribution >= 4 is 9.52 Å². The fourth-order valence-electron chi connectivity index (χ4n) is 2.41. The first kappa shape index (κ1) is 13.1. The second-order valence-corrected chi connectivity index (χ2v) is 9.48. The van der Waals surface area contributed by atoms with E-state index in [1.54, 1.807) is 0 Å². The van der Waals surface area contributed by atoms with Crippen LogP contribution in [0.2, 0.25) is 5.04 Å². The van der Waals surface area contributed by atoms with E-state index >= 15 is 0 Å². The van der Waals surface area contributed by atoms with Gasteiger partial charge in [-0.3, -0.25) is 0 Å². The van der Waals surface area contributed by atoms with E-state index in [1.165, 1.54) is 11.1 Å². The Labute approximate surface area is 113 Å². The third-order valence-electron chi connectivity index (χ3n) is 3.22. The van der Waals surface area contributed by atoms with Gasteiger partial charge in [-0.1, -0.05) is 81.4 Å². The van der Waals surface area contributed by atoms with Crippen LogP contribution in [0, 0.1) is 0 Å². The zero-order valence-electron chi connectivity index (χ0n) is 11.6. The van der Waals surface area contributed by atoms with Crippen LogP contribution >= 0.6 is 0 Å². The van der Waals surface area contributed by atoms with E-state index in [0.717, 1.165) is 0 Å². The molecule has 0 heterocycles. The fourth-order valence-corrected chi connectivity index (χ4v) is 4.65. The minimum atomic E-state index is -0.233. The normalized spacial score (nSPS) is 12.4. The van der Waals surface area contributed by atoms with Gasteiger partial charge in [0.1, 0.15) is 0 Å². The lowest BCUT2D eigenvalue weighted by molar-refractivity contribution is 0.740. The van der Waals surface area contributed by atoms with Crippen LogP contribution in [-0.4, -0.2) is 9.52 Å². The molecule has 0 N–H and O–H groups in total. The van der Waals surface area contributed by atoms with Crippen molar-refractivity contribution in [1.82, 2.24) is 0 Å².